The van der Waals surface area contributed by atoms with Gasteiger partial charge in [0.25, 0.3) is 0 Å². The van der Waals surface area contributed by atoms with Gasteiger partial charge in [0.1, 0.15) is 5.82 Å². The predicted molar refractivity (Wildman–Crippen MR) is 96.4 cm³/mol. The third-order valence-electron chi connectivity index (χ3n) is 6.58. The van der Waals surface area contributed by atoms with Crippen molar-refractivity contribution < 1.29 is 17.6 Å². The van der Waals surface area contributed by atoms with Crippen LogP contribution in [0.2, 0.25) is 0 Å². The normalized spacial score (nSPS) is 29.7. The molecule has 1 unspecified atom stereocenters. The average molecular weight is 368 g/mol. The van der Waals surface area contributed by atoms with Crippen molar-refractivity contribution in [3.05, 3.63) is 47.3 Å². The van der Waals surface area contributed by atoms with Crippen molar-refractivity contribution in [2.24, 2.45) is 11.8 Å². The van der Waals surface area contributed by atoms with E-state index in [4.69, 9.17) is 0 Å². The van der Waals surface area contributed by atoms with Crippen molar-refractivity contribution in [2.75, 3.05) is 0 Å². The van der Waals surface area contributed by atoms with E-state index in [2.05, 4.69) is 19.1 Å². The van der Waals surface area contributed by atoms with E-state index in [1.54, 1.807) is 6.07 Å². The first kappa shape index (κ1) is 19.4. The van der Waals surface area contributed by atoms with Gasteiger partial charge in [0.2, 0.25) is 0 Å². The fourth-order valence-electron chi connectivity index (χ4n) is 5.19. The number of alkyl halides is 3. The Kier molecular flexibility index (Phi) is 5.78. The fourth-order valence-corrected chi connectivity index (χ4v) is 5.19. The number of benzene rings is 1. The van der Waals surface area contributed by atoms with Gasteiger partial charge in [-0.1, -0.05) is 50.8 Å². The molecule has 0 aliphatic heterocycles. The Hall–Kier alpha value is -1.32. The summed E-state index contributed by atoms with van der Waals surface area (Å²) in [6.07, 6.45) is 8.98. The lowest BCUT2D eigenvalue weighted by molar-refractivity contribution is -0.140. The maximum atomic E-state index is 13.8. The smallest absolute Gasteiger partial charge is 0.206 e. The van der Waals surface area contributed by atoms with Gasteiger partial charge in [-0.25, -0.2) is 4.39 Å². The lowest BCUT2D eigenvalue weighted by atomic mass is 9.58. The molecule has 0 nitrogen and oxygen atoms in total. The van der Waals surface area contributed by atoms with Gasteiger partial charge in [0, 0.05) is 5.41 Å². The van der Waals surface area contributed by atoms with Gasteiger partial charge in [-0.2, -0.15) is 13.2 Å². The van der Waals surface area contributed by atoms with Crippen LogP contribution in [0, 0.1) is 17.7 Å². The highest BCUT2D eigenvalue weighted by Crippen LogP contribution is 2.50. The third-order valence-corrected chi connectivity index (χ3v) is 6.58. The van der Waals surface area contributed by atoms with Crippen LogP contribution in [-0.4, -0.2) is 0 Å². The molecule has 144 valence electrons. The minimum atomic E-state index is -4.65. The van der Waals surface area contributed by atoms with Crippen molar-refractivity contribution >= 4 is 0 Å². The van der Waals surface area contributed by atoms with Gasteiger partial charge in [0.05, 0.1) is 5.56 Å². The highest BCUT2D eigenvalue weighted by Gasteiger charge is 2.43. The van der Waals surface area contributed by atoms with Crippen LogP contribution in [0.3, 0.4) is 0 Å². The zero-order chi connectivity index (χ0) is 18.8. The molecule has 0 saturated heterocycles. The average Bonchev–Trinajstić information content (AvgIpc) is 2.62. The summed E-state index contributed by atoms with van der Waals surface area (Å²) in [5, 5.41) is 0. The van der Waals surface area contributed by atoms with Crippen LogP contribution in [0.5, 0.6) is 0 Å². The van der Waals surface area contributed by atoms with Crippen molar-refractivity contribution in [2.45, 2.75) is 76.3 Å². The molecule has 0 amide bonds. The van der Waals surface area contributed by atoms with Gasteiger partial charge >= 0.3 is 6.18 Å². The molecule has 0 aromatic heterocycles. The molecule has 0 heterocycles. The van der Waals surface area contributed by atoms with Crippen LogP contribution in [0.15, 0.2) is 30.4 Å². The first-order valence-corrected chi connectivity index (χ1v) is 9.89. The first-order chi connectivity index (χ1) is 12.4. The van der Waals surface area contributed by atoms with Crippen LogP contribution in [-0.2, 0) is 11.6 Å². The van der Waals surface area contributed by atoms with E-state index in [-0.39, 0.29) is 5.41 Å². The number of hydrogen-bond donors (Lipinski definition) is 0. The largest absolute Gasteiger partial charge is 0.419 e. The van der Waals surface area contributed by atoms with Crippen LogP contribution in [0.1, 0.15) is 75.8 Å². The van der Waals surface area contributed by atoms with E-state index >= 15 is 0 Å². The molecule has 2 aliphatic rings. The molecule has 1 saturated carbocycles. The lowest BCUT2D eigenvalue weighted by Gasteiger charge is -2.46. The molecule has 1 atom stereocenters. The number of rotatable bonds is 4. The maximum absolute atomic E-state index is 13.8. The van der Waals surface area contributed by atoms with E-state index in [0.717, 1.165) is 63.0 Å². The molecule has 3 rings (SSSR count). The van der Waals surface area contributed by atoms with E-state index in [1.807, 2.05) is 0 Å². The minimum absolute atomic E-state index is 0.278. The summed E-state index contributed by atoms with van der Waals surface area (Å²) in [4.78, 5) is 0. The van der Waals surface area contributed by atoms with E-state index in [9.17, 15) is 17.6 Å². The molecule has 0 radical (unpaired) electrons. The summed E-state index contributed by atoms with van der Waals surface area (Å²) in [6, 6.07) is 3.70. The fraction of sp³-hybridized carbons (Fsp3) is 0.636. The summed E-state index contributed by atoms with van der Waals surface area (Å²) in [5.41, 5.74) is -0.724. The zero-order valence-corrected chi connectivity index (χ0v) is 15.4. The van der Waals surface area contributed by atoms with Crippen LogP contribution in [0.25, 0.3) is 0 Å². The van der Waals surface area contributed by atoms with Gasteiger partial charge in [-0.3, -0.25) is 0 Å². The Balaban J connectivity index is 1.93. The summed E-state index contributed by atoms with van der Waals surface area (Å²) in [6.45, 7) is 2.21. The Morgan fingerprint density at radius 1 is 1.08 bits per heavy atom. The number of halogens is 4. The summed E-state index contributed by atoms with van der Waals surface area (Å²) >= 11 is 0. The number of allylic oxidation sites excluding steroid dienone is 2. The van der Waals surface area contributed by atoms with E-state index < -0.39 is 17.6 Å². The second-order valence-electron chi connectivity index (χ2n) is 8.07. The first-order valence-electron chi connectivity index (χ1n) is 9.89. The van der Waals surface area contributed by atoms with Crippen LogP contribution >= 0.6 is 0 Å². The maximum Gasteiger partial charge on any atom is 0.419 e. The molecular formula is C22H28F4. The monoisotopic (exact) mass is 368 g/mol. The molecule has 1 aromatic rings. The number of hydrogen-bond acceptors (Lipinski definition) is 0. The van der Waals surface area contributed by atoms with Crippen LogP contribution < -0.4 is 0 Å². The zero-order valence-electron chi connectivity index (χ0n) is 15.4. The van der Waals surface area contributed by atoms with Gasteiger partial charge in [-0.05, 0) is 61.6 Å². The van der Waals surface area contributed by atoms with Crippen molar-refractivity contribution in [3.8, 4) is 0 Å². The molecule has 4 heteroatoms. The van der Waals surface area contributed by atoms with Gasteiger partial charge in [0.15, 0.2) is 0 Å². The minimum Gasteiger partial charge on any atom is -0.206 e. The Bertz CT molecular complexity index is 638. The molecule has 1 fully saturated rings. The Morgan fingerprint density at radius 3 is 2.38 bits per heavy atom. The van der Waals surface area contributed by atoms with Gasteiger partial charge in [-0.15, -0.1) is 0 Å². The SMILES string of the molecule is CCCC1CCC(C2(c3ccc(F)c(C(F)(F)F)c3)CC=CCC2)CC1. The summed E-state index contributed by atoms with van der Waals surface area (Å²) < 4.78 is 53.5. The standard InChI is InChI=1S/C22H28F4/c1-2-6-16-7-9-17(10-8-16)21(13-4-3-5-14-21)18-11-12-20(23)19(15-18)22(24,25)26/h3-4,11-12,15-17H,2,5-10,13-14H2,1H3. The van der Waals surface area contributed by atoms with Crippen LogP contribution in [0.4, 0.5) is 17.6 Å². The molecule has 0 bridgehead atoms. The summed E-state index contributed by atoms with van der Waals surface area (Å²) in [7, 11) is 0. The Morgan fingerprint density at radius 2 is 1.81 bits per heavy atom. The molecular weight excluding hydrogens is 340 g/mol. The molecule has 26 heavy (non-hydrogen) atoms. The highest BCUT2D eigenvalue weighted by atomic mass is 19.4. The highest BCUT2D eigenvalue weighted by molar-refractivity contribution is 5.35. The van der Waals surface area contributed by atoms with Gasteiger partial charge < -0.3 is 0 Å². The molecule has 0 N–H and O–H groups in total. The quantitative estimate of drug-likeness (QED) is 0.383. The van der Waals surface area contributed by atoms with Crippen molar-refractivity contribution in [1.29, 1.82) is 0 Å². The van der Waals surface area contributed by atoms with Crippen molar-refractivity contribution in [3.63, 3.8) is 0 Å². The molecule has 1 aromatic carbocycles. The molecule has 0 spiro atoms. The Labute approximate surface area is 153 Å². The van der Waals surface area contributed by atoms with E-state index in [0.29, 0.717) is 11.5 Å². The summed E-state index contributed by atoms with van der Waals surface area (Å²) in [5.74, 6) is -0.0344. The van der Waals surface area contributed by atoms with E-state index in [1.165, 1.54) is 12.8 Å². The van der Waals surface area contributed by atoms with Crippen molar-refractivity contribution in [1.82, 2.24) is 0 Å². The lowest BCUT2D eigenvalue weighted by Crippen LogP contribution is -2.38. The second-order valence-corrected chi connectivity index (χ2v) is 8.07. The predicted octanol–water partition coefficient (Wildman–Crippen LogP) is 7.43. The molecule has 2 aliphatic carbocycles. The second kappa shape index (κ2) is 7.74. The third kappa shape index (κ3) is 3.84. The topological polar surface area (TPSA) is 0 Å².